The minimum absolute atomic E-state index is 0.0982. The number of benzene rings is 1. The van der Waals surface area contributed by atoms with E-state index in [0.29, 0.717) is 13.0 Å². The highest BCUT2D eigenvalue weighted by Crippen LogP contribution is 2.24. The summed E-state index contributed by atoms with van der Waals surface area (Å²) in [7, 11) is -3.73. The first-order chi connectivity index (χ1) is 9.26. The molecule has 1 aliphatic heterocycles. The molecule has 1 atom stereocenters. The van der Waals surface area contributed by atoms with E-state index in [1.54, 1.807) is 0 Å². The van der Waals surface area contributed by atoms with Gasteiger partial charge in [0.2, 0.25) is 10.0 Å². The molecule has 1 fully saturated rings. The SMILES string of the molecule is O=S(=O)(NC1CCNC1)c1ccc(OC(F)(F)F)cc1. The Balaban J connectivity index is 2.08. The standard InChI is InChI=1S/C11H13F3N2O3S/c12-11(13,14)19-9-1-3-10(4-2-9)20(17,18)16-8-5-6-15-7-8/h1-4,8,15-16H,5-7H2. The molecule has 0 aromatic heterocycles. The van der Waals surface area contributed by atoms with Crippen molar-refractivity contribution in [3.63, 3.8) is 0 Å². The summed E-state index contributed by atoms with van der Waals surface area (Å²) >= 11 is 0. The molecule has 0 radical (unpaired) electrons. The second-order valence-electron chi connectivity index (χ2n) is 4.33. The summed E-state index contributed by atoms with van der Waals surface area (Å²) in [5.41, 5.74) is 0. The summed E-state index contributed by atoms with van der Waals surface area (Å²) in [6.07, 6.45) is -4.12. The Morgan fingerprint density at radius 2 is 1.90 bits per heavy atom. The zero-order valence-corrected chi connectivity index (χ0v) is 11.1. The Morgan fingerprint density at radius 1 is 1.25 bits per heavy atom. The monoisotopic (exact) mass is 310 g/mol. The molecule has 1 unspecified atom stereocenters. The van der Waals surface area contributed by atoms with Gasteiger partial charge in [-0.1, -0.05) is 0 Å². The van der Waals surface area contributed by atoms with E-state index in [1.807, 2.05) is 0 Å². The first-order valence-corrected chi connectivity index (χ1v) is 7.33. The van der Waals surface area contributed by atoms with E-state index in [0.717, 1.165) is 30.8 Å². The summed E-state index contributed by atoms with van der Waals surface area (Å²) in [6, 6.07) is 3.88. The molecule has 0 aliphatic carbocycles. The van der Waals surface area contributed by atoms with Crippen LogP contribution in [-0.4, -0.2) is 33.9 Å². The van der Waals surface area contributed by atoms with Gasteiger partial charge < -0.3 is 10.1 Å². The van der Waals surface area contributed by atoms with Gasteiger partial charge in [0, 0.05) is 12.6 Å². The van der Waals surface area contributed by atoms with Gasteiger partial charge in [-0.2, -0.15) is 0 Å². The Bertz CT molecular complexity index is 551. The average Bonchev–Trinajstić information content (AvgIpc) is 2.79. The molecular formula is C11H13F3N2O3S. The Morgan fingerprint density at radius 3 is 2.40 bits per heavy atom. The third kappa shape index (κ3) is 4.09. The van der Waals surface area contributed by atoms with Crippen molar-refractivity contribution in [3.8, 4) is 5.75 Å². The minimum atomic E-state index is -4.80. The number of hydrogen-bond acceptors (Lipinski definition) is 4. The van der Waals surface area contributed by atoms with Gasteiger partial charge in [0.1, 0.15) is 5.75 Å². The number of hydrogen-bond donors (Lipinski definition) is 2. The fourth-order valence-corrected chi connectivity index (χ4v) is 3.13. The van der Waals surface area contributed by atoms with Gasteiger partial charge in [0.15, 0.2) is 0 Å². The van der Waals surface area contributed by atoms with Crippen molar-refractivity contribution >= 4 is 10.0 Å². The van der Waals surface area contributed by atoms with E-state index in [9.17, 15) is 21.6 Å². The summed E-state index contributed by atoms with van der Waals surface area (Å²) in [6.45, 7) is 1.26. The first kappa shape index (κ1) is 15.1. The lowest BCUT2D eigenvalue weighted by molar-refractivity contribution is -0.274. The minimum Gasteiger partial charge on any atom is -0.406 e. The molecule has 20 heavy (non-hydrogen) atoms. The fourth-order valence-electron chi connectivity index (χ4n) is 1.86. The lowest BCUT2D eigenvalue weighted by Crippen LogP contribution is -2.36. The molecule has 112 valence electrons. The number of ether oxygens (including phenoxy) is 1. The van der Waals surface area contributed by atoms with E-state index < -0.39 is 22.1 Å². The predicted octanol–water partition coefficient (Wildman–Crippen LogP) is 1.23. The maximum Gasteiger partial charge on any atom is 0.573 e. The molecule has 1 aromatic rings. The molecule has 0 bridgehead atoms. The van der Waals surface area contributed by atoms with Crippen LogP contribution in [0.3, 0.4) is 0 Å². The van der Waals surface area contributed by atoms with Crippen molar-refractivity contribution in [2.24, 2.45) is 0 Å². The zero-order chi connectivity index (χ0) is 14.8. The molecule has 0 spiro atoms. The van der Waals surface area contributed by atoms with Gasteiger partial charge in [0.05, 0.1) is 4.90 Å². The summed E-state index contributed by atoms with van der Waals surface area (Å²) in [5, 5.41) is 3.01. The van der Waals surface area contributed by atoms with Crippen LogP contribution in [-0.2, 0) is 10.0 Å². The summed E-state index contributed by atoms with van der Waals surface area (Å²) < 4.78 is 66.1. The third-order valence-corrected chi connectivity index (χ3v) is 4.29. The molecule has 0 saturated carbocycles. The van der Waals surface area contributed by atoms with E-state index in [4.69, 9.17) is 0 Å². The molecule has 1 aliphatic rings. The second kappa shape index (κ2) is 5.58. The van der Waals surface area contributed by atoms with Crippen LogP contribution in [0.5, 0.6) is 5.75 Å². The maximum atomic E-state index is 12.0. The molecule has 0 amide bonds. The predicted molar refractivity (Wildman–Crippen MR) is 64.7 cm³/mol. The third-order valence-electron chi connectivity index (χ3n) is 2.75. The number of halogens is 3. The lowest BCUT2D eigenvalue weighted by atomic mass is 10.3. The quantitative estimate of drug-likeness (QED) is 0.878. The highest BCUT2D eigenvalue weighted by molar-refractivity contribution is 7.89. The van der Waals surface area contributed by atoms with Crippen molar-refractivity contribution < 1.29 is 26.3 Å². The van der Waals surface area contributed by atoms with Gasteiger partial charge >= 0.3 is 6.36 Å². The maximum absolute atomic E-state index is 12.0. The molecule has 5 nitrogen and oxygen atoms in total. The molecule has 1 saturated heterocycles. The first-order valence-electron chi connectivity index (χ1n) is 5.85. The van der Waals surface area contributed by atoms with Crippen molar-refractivity contribution in [2.75, 3.05) is 13.1 Å². The van der Waals surface area contributed by atoms with Crippen LogP contribution in [0.1, 0.15) is 6.42 Å². The molecule has 2 N–H and O–H groups in total. The van der Waals surface area contributed by atoms with Crippen molar-refractivity contribution in [3.05, 3.63) is 24.3 Å². The largest absolute Gasteiger partial charge is 0.573 e. The Kier molecular flexibility index (Phi) is 4.21. The topological polar surface area (TPSA) is 67.4 Å². The lowest BCUT2D eigenvalue weighted by Gasteiger charge is -2.13. The van der Waals surface area contributed by atoms with Gasteiger partial charge in [-0.25, -0.2) is 13.1 Å². The highest BCUT2D eigenvalue weighted by Gasteiger charge is 2.31. The van der Waals surface area contributed by atoms with Crippen LogP contribution in [0.4, 0.5) is 13.2 Å². The van der Waals surface area contributed by atoms with Crippen LogP contribution in [0.2, 0.25) is 0 Å². The van der Waals surface area contributed by atoms with Crippen LogP contribution in [0, 0.1) is 0 Å². The fraction of sp³-hybridized carbons (Fsp3) is 0.455. The van der Waals surface area contributed by atoms with Gasteiger partial charge in [-0.05, 0) is 37.2 Å². The average molecular weight is 310 g/mol. The number of alkyl halides is 3. The molecule has 2 rings (SSSR count). The summed E-state index contributed by atoms with van der Waals surface area (Å²) in [5.74, 6) is -0.459. The van der Waals surface area contributed by atoms with Gasteiger partial charge in [-0.3, -0.25) is 0 Å². The van der Waals surface area contributed by atoms with Crippen LogP contribution < -0.4 is 14.8 Å². The molecule has 9 heteroatoms. The number of nitrogens with one attached hydrogen (secondary N) is 2. The van der Waals surface area contributed by atoms with E-state index in [2.05, 4.69) is 14.8 Å². The van der Waals surface area contributed by atoms with Gasteiger partial charge in [-0.15, -0.1) is 13.2 Å². The molecule has 1 heterocycles. The zero-order valence-electron chi connectivity index (χ0n) is 10.3. The van der Waals surface area contributed by atoms with Crippen LogP contribution in [0.25, 0.3) is 0 Å². The van der Waals surface area contributed by atoms with Crippen molar-refractivity contribution in [2.45, 2.75) is 23.7 Å². The van der Waals surface area contributed by atoms with Crippen molar-refractivity contribution in [1.82, 2.24) is 10.0 Å². The van der Waals surface area contributed by atoms with E-state index in [-0.39, 0.29) is 10.9 Å². The van der Waals surface area contributed by atoms with E-state index in [1.165, 1.54) is 0 Å². The smallest absolute Gasteiger partial charge is 0.406 e. The Labute approximate surface area is 114 Å². The molecular weight excluding hydrogens is 297 g/mol. The second-order valence-corrected chi connectivity index (χ2v) is 6.04. The van der Waals surface area contributed by atoms with Crippen molar-refractivity contribution in [1.29, 1.82) is 0 Å². The Hall–Kier alpha value is -1.32. The highest BCUT2D eigenvalue weighted by atomic mass is 32.2. The normalized spacial score (nSPS) is 20.1. The van der Waals surface area contributed by atoms with Gasteiger partial charge in [0.25, 0.3) is 0 Å². The van der Waals surface area contributed by atoms with Crippen LogP contribution >= 0.6 is 0 Å². The molecule has 1 aromatic carbocycles. The number of rotatable bonds is 4. The van der Waals surface area contributed by atoms with E-state index >= 15 is 0 Å². The summed E-state index contributed by atoms with van der Waals surface area (Å²) in [4.78, 5) is -0.0982. The number of sulfonamides is 1. The van der Waals surface area contributed by atoms with Crippen LogP contribution in [0.15, 0.2) is 29.2 Å².